The largest absolute Gasteiger partial charge is 0.480 e. The summed E-state index contributed by atoms with van der Waals surface area (Å²) in [4.78, 5) is 25.0. The molecule has 2 aromatic carbocycles. The van der Waals surface area contributed by atoms with E-state index in [0.717, 1.165) is 18.2 Å². The van der Waals surface area contributed by atoms with E-state index in [4.69, 9.17) is 23.2 Å². The summed E-state index contributed by atoms with van der Waals surface area (Å²) in [6.45, 7) is 0. The normalized spacial score (nSPS) is 15.3. The highest BCUT2D eigenvalue weighted by Crippen LogP contribution is 2.35. The number of carboxylic acid groups (broad SMARTS) is 1. The van der Waals surface area contributed by atoms with Gasteiger partial charge in [0.05, 0.1) is 43.6 Å². The van der Waals surface area contributed by atoms with Gasteiger partial charge in [-0.1, -0.05) is 29.3 Å². The summed E-state index contributed by atoms with van der Waals surface area (Å²) in [5, 5.41) is 12.0. The minimum absolute atomic E-state index is 0.0293. The van der Waals surface area contributed by atoms with E-state index in [-0.39, 0.29) is 37.1 Å². The van der Waals surface area contributed by atoms with E-state index < -0.39 is 33.8 Å². The Balaban J connectivity index is 1.62. The summed E-state index contributed by atoms with van der Waals surface area (Å²) in [5.74, 6) is -2.79. The minimum Gasteiger partial charge on any atom is -0.480 e. The van der Waals surface area contributed by atoms with Crippen LogP contribution in [0.1, 0.15) is 15.9 Å². The van der Waals surface area contributed by atoms with Gasteiger partial charge in [0.25, 0.3) is 15.9 Å². The molecule has 0 saturated carbocycles. The van der Waals surface area contributed by atoms with Gasteiger partial charge in [-0.15, -0.1) is 0 Å². The molecular weight excluding hydrogens is 634 g/mol. The van der Waals surface area contributed by atoms with Gasteiger partial charge in [-0.2, -0.15) is 0 Å². The zero-order valence-corrected chi connectivity index (χ0v) is 23.1. The van der Waals surface area contributed by atoms with Crippen LogP contribution in [0.5, 0.6) is 0 Å². The molecule has 9 nitrogen and oxygen atoms in total. The van der Waals surface area contributed by atoms with Gasteiger partial charge in [-0.3, -0.25) is 13.8 Å². The second kappa shape index (κ2) is 11.0. The van der Waals surface area contributed by atoms with Gasteiger partial charge in [-0.25, -0.2) is 17.6 Å². The molecule has 1 amide bonds. The highest BCUT2D eigenvalue weighted by molar-refractivity contribution is 9.10. The van der Waals surface area contributed by atoms with Gasteiger partial charge < -0.3 is 15.1 Å². The summed E-state index contributed by atoms with van der Waals surface area (Å²) in [7, 11) is -4.22. The second-order valence-corrected chi connectivity index (χ2v) is 11.8. The molecular formula is C22H16BrCl2FN4O5S2. The number of carbonyl (C=O) groups excluding carboxylic acids is 1. The van der Waals surface area contributed by atoms with Crippen LogP contribution in [0.25, 0.3) is 0 Å². The van der Waals surface area contributed by atoms with E-state index in [9.17, 15) is 27.5 Å². The second-order valence-electron chi connectivity index (χ2n) is 7.67. The Bertz CT molecular complexity index is 1500. The van der Waals surface area contributed by atoms with Crippen LogP contribution >= 0.6 is 51.3 Å². The number of allylic oxidation sites excluding steroid dienone is 2. The molecule has 4 rings (SSSR count). The fraction of sp³-hybridized carbons (Fsp3) is 0.0909. The zero-order valence-electron chi connectivity index (χ0n) is 18.3. The van der Waals surface area contributed by atoms with E-state index in [2.05, 4.69) is 30.7 Å². The van der Waals surface area contributed by atoms with Crippen molar-refractivity contribution < 1.29 is 27.5 Å². The standard InChI is InChI=1S/C22H16BrCl2FN4O5S2/c23-13-6-11(3-4-16(13)26)7-18(22(32)33)28-21(31)12-8-14(24)15(25)9-17(12)29-37(34,35)20-2-1-5-30-19(20)10-27-36-30/h1-6,8-10,18,27,29H,7H2,(H,28,31)(H,32,33)/t18-/m0/s1. The van der Waals surface area contributed by atoms with Crippen molar-refractivity contribution in [3.05, 3.63) is 96.9 Å². The molecule has 2 aliphatic rings. The lowest BCUT2D eigenvalue weighted by atomic mass is 10.0. The molecule has 0 aromatic heterocycles. The van der Waals surface area contributed by atoms with Gasteiger partial charge in [0, 0.05) is 18.8 Å². The van der Waals surface area contributed by atoms with Crippen molar-refractivity contribution in [1.82, 2.24) is 14.3 Å². The topological polar surface area (TPSA) is 128 Å². The first-order valence-corrected chi connectivity index (χ1v) is 14.1. The Kier molecular flexibility index (Phi) is 8.09. The molecule has 0 bridgehead atoms. The van der Waals surface area contributed by atoms with E-state index in [1.165, 1.54) is 36.5 Å². The first kappa shape index (κ1) is 27.3. The Morgan fingerprint density at radius 3 is 2.65 bits per heavy atom. The van der Waals surface area contributed by atoms with Crippen molar-refractivity contribution in [1.29, 1.82) is 0 Å². The van der Waals surface area contributed by atoms with Crippen LogP contribution in [0.2, 0.25) is 10.0 Å². The predicted octanol–water partition coefficient (Wildman–Crippen LogP) is 4.78. The fourth-order valence-electron chi connectivity index (χ4n) is 3.42. The molecule has 0 spiro atoms. The highest BCUT2D eigenvalue weighted by Gasteiger charge is 2.31. The molecule has 0 fully saturated rings. The lowest BCUT2D eigenvalue weighted by molar-refractivity contribution is -0.139. The molecule has 0 aliphatic carbocycles. The fourth-order valence-corrected chi connectivity index (χ4v) is 6.15. The monoisotopic (exact) mass is 648 g/mol. The minimum atomic E-state index is -4.22. The molecule has 0 saturated heterocycles. The van der Waals surface area contributed by atoms with Crippen LogP contribution < -0.4 is 14.8 Å². The third-order valence-corrected chi connectivity index (χ3v) is 8.65. The van der Waals surface area contributed by atoms with Gasteiger partial charge in [0.15, 0.2) is 0 Å². The number of nitrogens with one attached hydrogen (secondary N) is 3. The average molecular weight is 650 g/mol. The molecule has 2 aromatic rings. The molecule has 0 radical (unpaired) electrons. The van der Waals surface area contributed by atoms with E-state index in [0.29, 0.717) is 11.3 Å². The Morgan fingerprint density at radius 1 is 1.22 bits per heavy atom. The molecule has 0 unspecified atom stereocenters. The van der Waals surface area contributed by atoms with Crippen molar-refractivity contribution >= 4 is 78.9 Å². The SMILES string of the molecule is O=C(N[C@@H](Cc1ccc(F)c(Br)c1)C(=O)O)c1cc(Cl)c(Cl)cc1NS(=O)(=O)C1=CC=CN2SNC=C12. The van der Waals surface area contributed by atoms with E-state index >= 15 is 0 Å². The number of nitrogens with zero attached hydrogens (tertiary/aromatic N) is 1. The number of carboxylic acids is 1. The number of hydrogen-bond donors (Lipinski definition) is 4. The Morgan fingerprint density at radius 2 is 1.95 bits per heavy atom. The molecule has 37 heavy (non-hydrogen) atoms. The van der Waals surface area contributed by atoms with Crippen LogP contribution in [0, 0.1) is 5.82 Å². The lowest BCUT2D eigenvalue weighted by Gasteiger charge is -2.22. The first-order chi connectivity index (χ1) is 17.5. The summed E-state index contributed by atoms with van der Waals surface area (Å²) < 4.78 is 47.0. The number of benzene rings is 2. The van der Waals surface area contributed by atoms with Gasteiger partial charge in [0.2, 0.25) is 0 Å². The molecule has 2 aliphatic heterocycles. The number of amides is 1. The third kappa shape index (κ3) is 6.07. The maximum atomic E-state index is 13.6. The van der Waals surface area contributed by atoms with Crippen LogP contribution in [-0.4, -0.2) is 35.7 Å². The number of halogens is 4. The predicted molar refractivity (Wildman–Crippen MR) is 144 cm³/mol. The van der Waals surface area contributed by atoms with Crippen LogP contribution in [0.15, 0.2) is 70.0 Å². The maximum Gasteiger partial charge on any atom is 0.326 e. The molecule has 1 atom stereocenters. The van der Waals surface area contributed by atoms with Crippen LogP contribution in [0.4, 0.5) is 10.1 Å². The number of carbonyl (C=O) groups is 2. The highest BCUT2D eigenvalue weighted by atomic mass is 79.9. The summed E-state index contributed by atoms with van der Waals surface area (Å²) in [6, 6.07) is 4.83. The zero-order chi connectivity index (χ0) is 26.9. The van der Waals surface area contributed by atoms with Gasteiger partial charge in [0.1, 0.15) is 16.8 Å². The van der Waals surface area contributed by atoms with Gasteiger partial charge >= 0.3 is 5.97 Å². The van der Waals surface area contributed by atoms with E-state index in [1.54, 1.807) is 16.6 Å². The van der Waals surface area contributed by atoms with Crippen molar-refractivity contribution in [3.8, 4) is 0 Å². The third-order valence-electron chi connectivity index (χ3n) is 5.17. The Labute approximate surface area is 233 Å². The first-order valence-electron chi connectivity index (χ1n) is 10.3. The van der Waals surface area contributed by atoms with Crippen molar-refractivity contribution in [2.24, 2.45) is 0 Å². The number of sulfonamides is 1. The smallest absolute Gasteiger partial charge is 0.326 e. The van der Waals surface area contributed by atoms with Crippen molar-refractivity contribution in [2.75, 3.05) is 4.72 Å². The number of rotatable bonds is 8. The van der Waals surface area contributed by atoms with Crippen molar-refractivity contribution in [2.45, 2.75) is 12.5 Å². The van der Waals surface area contributed by atoms with Crippen LogP contribution in [-0.2, 0) is 21.2 Å². The number of fused-ring (bicyclic) bond motifs is 1. The quantitative estimate of drug-likeness (QED) is 0.301. The van der Waals surface area contributed by atoms with E-state index in [1.807, 2.05) is 0 Å². The molecule has 194 valence electrons. The Hall–Kier alpha value is -2.71. The van der Waals surface area contributed by atoms with Crippen LogP contribution in [0.3, 0.4) is 0 Å². The summed E-state index contributed by atoms with van der Waals surface area (Å²) in [6.07, 6.45) is 5.93. The number of anilines is 1. The van der Waals surface area contributed by atoms with Gasteiger partial charge in [-0.05, 0) is 57.9 Å². The van der Waals surface area contributed by atoms with Crippen molar-refractivity contribution in [3.63, 3.8) is 0 Å². The summed E-state index contributed by atoms with van der Waals surface area (Å²) in [5.41, 5.74) is 0.347. The maximum absolute atomic E-state index is 13.6. The molecule has 2 heterocycles. The summed E-state index contributed by atoms with van der Waals surface area (Å²) >= 11 is 16.4. The average Bonchev–Trinajstić information content (AvgIpc) is 3.31. The number of hydrogen-bond acceptors (Lipinski definition) is 7. The number of aliphatic carboxylic acids is 1. The molecule has 4 N–H and O–H groups in total. The lowest BCUT2D eigenvalue weighted by Crippen LogP contribution is -2.42. The molecule has 15 heteroatoms.